The highest BCUT2D eigenvalue weighted by atomic mass is 79.9. The summed E-state index contributed by atoms with van der Waals surface area (Å²) in [6.45, 7) is 6.24. The molecule has 0 aliphatic carbocycles. The number of aryl methyl sites for hydroxylation is 2. The zero-order chi connectivity index (χ0) is 15.1. The molecule has 0 aliphatic heterocycles. The average Bonchev–Trinajstić information content (AvgIpc) is 2.41. The topological polar surface area (TPSA) is 58.2 Å². The zero-order valence-corrected chi connectivity index (χ0v) is 13.7. The van der Waals surface area contributed by atoms with E-state index in [-0.39, 0.29) is 23.1 Å². The summed E-state index contributed by atoms with van der Waals surface area (Å²) in [5.74, 6) is -0.174. The molecule has 0 saturated carbocycles. The van der Waals surface area contributed by atoms with Gasteiger partial charge in [-0.05, 0) is 31.9 Å². The predicted molar refractivity (Wildman–Crippen MR) is 85.2 cm³/mol. The fourth-order valence-corrected chi connectivity index (χ4v) is 1.92. The fourth-order valence-electron chi connectivity index (χ4n) is 1.76. The lowest BCUT2D eigenvalue weighted by atomic mass is 10.1. The van der Waals surface area contributed by atoms with E-state index in [9.17, 15) is 9.59 Å². The van der Waals surface area contributed by atoms with Crippen molar-refractivity contribution in [2.24, 2.45) is 0 Å². The quantitative estimate of drug-likeness (QED) is 0.782. The number of nitrogens with one attached hydrogen (secondary N) is 2. The van der Waals surface area contributed by atoms with Crippen LogP contribution < -0.4 is 10.6 Å². The molecular formula is C15H21BrN2O2. The fraction of sp³-hybridized carbons (Fsp3) is 0.467. The Bertz CT molecular complexity index is 489. The van der Waals surface area contributed by atoms with Crippen LogP contribution in [0.15, 0.2) is 18.2 Å². The lowest BCUT2D eigenvalue weighted by molar-refractivity contribution is -0.120. The van der Waals surface area contributed by atoms with E-state index in [4.69, 9.17) is 0 Å². The van der Waals surface area contributed by atoms with Gasteiger partial charge in [-0.15, -0.1) is 0 Å². The highest BCUT2D eigenvalue weighted by molar-refractivity contribution is 9.10. The Morgan fingerprint density at radius 1 is 1.30 bits per heavy atom. The van der Waals surface area contributed by atoms with Crippen LogP contribution in [0.4, 0.5) is 5.69 Å². The van der Waals surface area contributed by atoms with Crippen LogP contribution in [-0.4, -0.2) is 23.2 Å². The summed E-state index contributed by atoms with van der Waals surface area (Å²) in [4.78, 5) is 23.1. The van der Waals surface area contributed by atoms with Gasteiger partial charge in [0.1, 0.15) is 0 Å². The van der Waals surface area contributed by atoms with E-state index in [1.54, 1.807) is 0 Å². The molecule has 0 spiro atoms. The Morgan fingerprint density at radius 3 is 2.60 bits per heavy atom. The normalized spacial score (nSPS) is 11.8. The maximum absolute atomic E-state index is 11.8. The van der Waals surface area contributed by atoms with Gasteiger partial charge in [0, 0.05) is 18.7 Å². The van der Waals surface area contributed by atoms with E-state index < -0.39 is 0 Å². The maximum Gasteiger partial charge on any atom is 0.233 e. The lowest BCUT2D eigenvalue weighted by Gasteiger charge is -2.10. The van der Waals surface area contributed by atoms with Crippen molar-refractivity contribution in [3.8, 4) is 0 Å². The second-order valence-electron chi connectivity index (χ2n) is 4.78. The molecule has 2 N–H and O–H groups in total. The van der Waals surface area contributed by atoms with Gasteiger partial charge in [0.25, 0.3) is 0 Å². The molecule has 0 fully saturated rings. The van der Waals surface area contributed by atoms with Gasteiger partial charge >= 0.3 is 0 Å². The van der Waals surface area contributed by atoms with Gasteiger partial charge < -0.3 is 10.6 Å². The maximum atomic E-state index is 11.8. The average molecular weight is 341 g/mol. The molecule has 1 atom stereocenters. The molecule has 20 heavy (non-hydrogen) atoms. The standard InChI is InChI=1S/C15H21BrN2O2/c1-4-12(16)15(20)17-8-7-14(19)18-13-6-5-10(2)9-11(13)3/h5-6,9,12H,4,7-8H2,1-3H3,(H,17,20)(H,18,19)/t12-/m1/s1. The number of carbonyl (C=O) groups excluding carboxylic acids is 2. The molecule has 5 heteroatoms. The van der Waals surface area contributed by atoms with Crippen molar-refractivity contribution >= 4 is 33.4 Å². The second-order valence-corrected chi connectivity index (χ2v) is 5.89. The molecule has 0 heterocycles. The van der Waals surface area contributed by atoms with E-state index in [0.717, 1.165) is 23.2 Å². The summed E-state index contributed by atoms with van der Waals surface area (Å²) in [6.07, 6.45) is 0.989. The summed E-state index contributed by atoms with van der Waals surface area (Å²) >= 11 is 3.27. The largest absolute Gasteiger partial charge is 0.355 e. The molecule has 110 valence electrons. The van der Waals surface area contributed by atoms with Crippen LogP contribution in [0.25, 0.3) is 0 Å². The third-order valence-corrected chi connectivity index (χ3v) is 4.01. The van der Waals surface area contributed by atoms with Crippen molar-refractivity contribution in [3.63, 3.8) is 0 Å². The van der Waals surface area contributed by atoms with Crippen molar-refractivity contribution in [1.82, 2.24) is 5.32 Å². The van der Waals surface area contributed by atoms with Crippen molar-refractivity contribution in [3.05, 3.63) is 29.3 Å². The monoisotopic (exact) mass is 340 g/mol. The first-order valence-electron chi connectivity index (χ1n) is 6.73. The van der Waals surface area contributed by atoms with E-state index in [1.807, 2.05) is 39.0 Å². The van der Waals surface area contributed by atoms with Gasteiger partial charge in [-0.2, -0.15) is 0 Å². The first kappa shape index (κ1) is 16.7. The van der Waals surface area contributed by atoms with Crippen LogP contribution >= 0.6 is 15.9 Å². The minimum atomic E-state index is -0.190. The molecule has 0 saturated heterocycles. The molecule has 1 rings (SSSR count). The molecule has 0 unspecified atom stereocenters. The lowest BCUT2D eigenvalue weighted by Crippen LogP contribution is -2.33. The Hall–Kier alpha value is -1.36. The number of rotatable bonds is 6. The highest BCUT2D eigenvalue weighted by Gasteiger charge is 2.12. The molecule has 4 nitrogen and oxygen atoms in total. The van der Waals surface area contributed by atoms with Gasteiger partial charge in [-0.25, -0.2) is 0 Å². The van der Waals surface area contributed by atoms with Crippen LogP contribution in [0.2, 0.25) is 0 Å². The van der Waals surface area contributed by atoms with Gasteiger partial charge in [-0.1, -0.05) is 40.5 Å². The summed E-state index contributed by atoms with van der Waals surface area (Å²) in [5, 5.41) is 5.58. The third-order valence-electron chi connectivity index (χ3n) is 2.95. The highest BCUT2D eigenvalue weighted by Crippen LogP contribution is 2.16. The minimum Gasteiger partial charge on any atom is -0.355 e. The Labute approximate surface area is 128 Å². The number of halogens is 1. The van der Waals surface area contributed by atoms with Gasteiger partial charge in [0.05, 0.1) is 4.83 Å². The molecule has 1 aromatic rings. The van der Waals surface area contributed by atoms with Crippen LogP contribution in [0.3, 0.4) is 0 Å². The van der Waals surface area contributed by atoms with Crippen molar-refractivity contribution in [1.29, 1.82) is 0 Å². The SMILES string of the molecule is CC[C@@H](Br)C(=O)NCCC(=O)Nc1ccc(C)cc1C. The molecule has 1 aromatic carbocycles. The molecule has 0 bridgehead atoms. The third kappa shape index (κ3) is 5.33. The van der Waals surface area contributed by atoms with Crippen LogP contribution in [0.5, 0.6) is 0 Å². The first-order valence-corrected chi connectivity index (χ1v) is 7.64. The van der Waals surface area contributed by atoms with Crippen LogP contribution in [0, 0.1) is 13.8 Å². The Balaban J connectivity index is 2.39. The second kappa shape index (κ2) is 8.04. The smallest absolute Gasteiger partial charge is 0.233 e. The summed E-state index contributed by atoms with van der Waals surface area (Å²) in [5.41, 5.74) is 3.02. The van der Waals surface area contributed by atoms with E-state index in [2.05, 4.69) is 26.6 Å². The molecule has 2 amide bonds. The molecule has 0 aromatic heterocycles. The molecular weight excluding hydrogens is 320 g/mol. The molecule has 0 aliphatic rings. The number of amides is 2. The Morgan fingerprint density at radius 2 is 2.00 bits per heavy atom. The van der Waals surface area contributed by atoms with Gasteiger partial charge in [0.15, 0.2) is 0 Å². The number of anilines is 1. The Kier molecular flexibility index (Phi) is 6.71. The van der Waals surface area contributed by atoms with Gasteiger partial charge in [0.2, 0.25) is 11.8 Å². The number of benzene rings is 1. The first-order chi connectivity index (χ1) is 9.43. The minimum absolute atomic E-state index is 0.0770. The van der Waals surface area contributed by atoms with Crippen molar-refractivity contribution in [2.45, 2.75) is 38.4 Å². The number of carbonyl (C=O) groups is 2. The number of hydrogen-bond acceptors (Lipinski definition) is 2. The van der Waals surface area contributed by atoms with Crippen molar-refractivity contribution in [2.75, 3.05) is 11.9 Å². The zero-order valence-electron chi connectivity index (χ0n) is 12.1. The van der Waals surface area contributed by atoms with Crippen molar-refractivity contribution < 1.29 is 9.59 Å². The van der Waals surface area contributed by atoms with E-state index >= 15 is 0 Å². The van der Waals surface area contributed by atoms with E-state index in [1.165, 1.54) is 0 Å². The van der Waals surface area contributed by atoms with Crippen LogP contribution in [0.1, 0.15) is 30.9 Å². The number of alkyl halides is 1. The van der Waals surface area contributed by atoms with Gasteiger partial charge in [-0.3, -0.25) is 9.59 Å². The predicted octanol–water partition coefficient (Wildman–Crippen LogP) is 2.92. The summed E-state index contributed by atoms with van der Waals surface area (Å²) in [7, 11) is 0. The number of hydrogen-bond donors (Lipinski definition) is 2. The molecule has 0 radical (unpaired) electrons. The summed E-state index contributed by atoms with van der Waals surface area (Å²) < 4.78 is 0. The summed E-state index contributed by atoms with van der Waals surface area (Å²) in [6, 6.07) is 5.88. The van der Waals surface area contributed by atoms with Crippen LogP contribution in [-0.2, 0) is 9.59 Å². The van der Waals surface area contributed by atoms with E-state index in [0.29, 0.717) is 6.54 Å².